The summed E-state index contributed by atoms with van der Waals surface area (Å²) in [7, 11) is 0. The maximum absolute atomic E-state index is 12.8. The average molecular weight is 451 g/mol. The third-order valence-electron chi connectivity index (χ3n) is 6.36. The normalized spacial score (nSPS) is 21.1. The van der Waals surface area contributed by atoms with E-state index >= 15 is 0 Å². The minimum atomic E-state index is -0.650. The van der Waals surface area contributed by atoms with Gasteiger partial charge < -0.3 is 16.0 Å². The maximum atomic E-state index is 12.8. The van der Waals surface area contributed by atoms with E-state index in [0.717, 1.165) is 30.8 Å². The molecule has 2 aromatic rings. The summed E-state index contributed by atoms with van der Waals surface area (Å²) in [5, 5.41) is 11.3. The van der Waals surface area contributed by atoms with Crippen LogP contribution in [-0.4, -0.2) is 51.5 Å². The van der Waals surface area contributed by atoms with Crippen LogP contribution < -0.4 is 27.2 Å². The van der Waals surface area contributed by atoms with E-state index in [9.17, 15) is 14.4 Å². The van der Waals surface area contributed by atoms with E-state index in [4.69, 9.17) is 11.6 Å². The fourth-order valence-electron chi connectivity index (χ4n) is 4.37. The van der Waals surface area contributed by atoms with Gasteiger partial charge >= 0.3 is 0 Å². The Morgan fingerprint density at radius 1 is 1.27 bits per heavy atom. The lowest BCUT2D eigenvalue weighted by Crippen LogP contribution is -2.52. The molecule has 0 bridgehead atoms. The molecule has 1 aromatic heterocycles. The van der Waals surface area contributed by atoms with Crippen LogP contribution in [-0.2, 0) is 22.7 Å². The fourth-order valence-corrected chi connectivity index (χ4v) is 4.37. The van der Waals surface area contributed by atoms with Crippen molar-refractivity contribution in [1.82, 2.24) is 25.3 Å². The van der Waals surface area contributed by atoms with Crippen molar-refractivity contribution in [2.24, 2.45) is 17.5 Å². The molecule has 4 heterocycles. The number of rotatable bonds is 6. The fraction of sp³-hybridized carbons (Fsp3) is 0.364. The van der Waals surface area contributed by atoms with Gasteiger partial charge in [0.25, 0.3) is 5.91 Å². The number of piperidine rings is 1. The topological polar surface area (TPSA) is 152 Å². The quantitative estimate of drug-likeness (QED) is 0.261. The lowest BCUT2D eigenvalue weighted by Gasteiger charge is -2.29. The second kappa shape index (κ2) is 8.34. The Balaban J connectivity index is 1.29. The molecule has 3 amide bonds. The number of amides is 3. The second-order valence-electron chi connectivity index (χ2n) is 8.71. The zero-order valence-electron chi connectivity index (χ0n) is 18.0. The van der Waals surface area contributed by atoms with Gasteiger partial charge in [-0.2, -0.15) is 5.10 Å². The molecule has 0 saturated carbocycles. The molecule has 1 atom stereocenters. The number of nitrogens with one attached hydrogen (secondary N) is 2. The van der Waals surface area contributed by atoms with Crippen LogP contribution >= 0.6 is 0 Å². The smallest absolute Gasteiger partial charge is 0.255 e. The van der Waals surface area contributed by atoms with Crippen molar-refractivity contribution >= 4 is 29.1 Å². The van der Waals surface area contributed by atoms with Crippen LogP contribution in [0.3, 0.4) is 0 Å². The van der Waals surface area contributed by atoms with Crippen LogP contribution in [0.4, 0.5) is 5.69 Å². The van der Waals surface area contributed by atoms with E-state index in [1.165, 1.54) is 9.91 Å². The third kappa shape index (κ3) is 4.08. The predicted octanol–water partition coefficient (Wildman–Crippen LogP) is -0.499. The lowest BCUT2D eigenvalue weighted by molar-refractivity contribution is -0.136. The number of hydrazine groups is 1. The van der Waals surface area contributed by atoms with Gasteiger partial charge in [0.2, 0.25) is 11.8 Å². The van der Waals surface area contributed by atoms with E-state index in [1.54, 1.807) is 24.5 Å². The Hall–Kier alpha value is -3.70. The van der Waals surface area contributed by atoms with Gasteiger partial charge in [0.05, 0.1) is 17.6 Å². The Bertz CT molecular complexity index is 1150. The molecule has 0 aliphatic carbocycles. The number of carbonyl (C=O) groups excluding carboxylic acids is 3. The molecule has 5 rings (SSSR count). The van der Waals surface area contributed by atoms with E-state index in [-0.39, 0.29) is 24.8 Å². The van der Waals surface area contributed by atoms with Gasteiger partial charge in [0, 0.05) is 62.0 Å². The zero-order valence-corrected chi connectivity index (χ0v) is 18.0. The van der Waals surface area contributed by atoms with Crippen molar-refractivity contribution in [2.75, 3.05) is 18.1 Å². The van der Waals surface area contributed by atoms with Crippen molar-refractivity contribution < 1.29 is 14.4 Å². The van der Waals surface area contributed by atoms with Crippen LogP contribution in [0.5, 0.6) is 0 Å². The molecule has 11 heteroatoms. The number of hydrogen-bond acceptors (Lipinski definition) is 8. The number of anilines is 1. The summed E-state index contributed by atoms with van der Waals surface area (Å²) in [5.74, 6) is 5.86. The van der Waals surface area contributed by atoms with Crippen LogP contribution in [0.25, 0.3) is 5.70 Å². The number of hydrogen-bond donors (Lipinski definition) is 4. The van der Waals surface area contributed by atoms with Crippen molar-refractivity contribution in [1.29, 1.82) is 0 Å². The summed E-state index contributed by atoms with van der Waals surface area (Å²) in [6.07, 6.45) is 5.77. The van der Waals surface area contributed by atoms with Gasteiger partial charge in [-0.25, -0.2) is 5.84 Å². The van der Waals surface area contributed by atoms with Gasteiger partial charge in [-0.15, -0.1) is 0 Å². The summed E-state index contributed by atoms with van der Waals surface area (Å²) in [6.45, 7) is 3.12. The number of aromatic nitrogens is 2. The molecule has 2 saturated heterocycles. The molecule has 0 spiro atoms. The SMILES string of the molecule is N/C(=C\N(N)c1ccc2c(c1)CN(C1CCC(=O)NC1=O)C2=O)c1cnn(CC2CNC2)c1. The van der Waals surface area contributed by atoms with Gasteiger partial charge in [-0.1, -0.05) is 0 Å². The van der Waals surface area contributed by atoms with Crippen LogP contribution in [0.1, 0.15) is 34.3 Å². The van der Waals surface area contributed by atoms with Crippen molar-refractivity contribution in [3.05, 3.63) is 53.5 Å². The first-order valence-electron chi connectivity index (χ1n) is 10.9. The Labute approximate surface area is 190 Å². The molecular weight excluding hydrogens is 424 g/mol. The van der Waals surface area contributed by atoms with Crippen molar-refractivity contribution in [3.63, 3.8) is 0 Å². The number of imide groups is 1. The highest BCUT2D eigenvalue weighted by Gasteiger charge is 2.39. The number of carbonyl (C=O) groups is 3. The first-order valence-corrected chi connectivity index (χ1v) is 10.9. The Morgan fingerprint density at radius 2 is 2.09 bits per heavy atom. The predicted molar refractivity (Wildman–Crippen MR) is 120 cm³/mol. The molecule has 11 nitrogen and oxygen atoms in total. The minimum absolute atomic E-state index is 0.219. The number of nitrogens with two attached hydrogens (primary N) is 2. The van der Waals surface area contributed by atoms with Crippen LogP contribution in [0.2, 0.25) is 0 Å². The molecular formula is C22H26N8O3. The Kier molecular flexibility index (Phi) is 5.35. The molecule has 3 aliphatic heterocycles. The molecule has 1 unspecified atom stereocenters. The van der Waals surface area contributed by atoms with Gasteiger partial charge in [-0.05, 0) is 30.2 Å². The molecule has 33 heavy (non-hydrogen) atoms. The van der Waals surface area contributed by atoms with Crippen LogP contribution in [0.15, 0.2) is 36.8 Å². The molecule has 1 aromatic carbocycles. The largest absolute Gasteiger partial charge is 0.397 e. The molecule has 2 fully saturated rings. The first-order chi connectivity index (χ1) is 15.9. The molecule has 0 radical (unpaired) electrons. The highest BCUT2D eigenvalue weighted by molar-refractivity contribution is 6.05. The van der Waals surface area contributed by atoms with E-state index in [2.05, 4.69) is 15.7 Å². The maximum Gasteiger partial charge on any atom is 0.255 e. The highest BCUT2D eigenvalue weighted by Crippen LogP contribution is 2.30. The summed E-state index contributed by atoms with van der Waals surface area (Å²) in [6, 6.07) is 4.60. The summed E-state index contributed by atoms with van der Waals surface area (Å²) < 4.78 is 1.88. The van der Waals surface area contributed by atoms with Gasteiger partial charge in [-0.3, -0.25) is 29.4 Å². The van der Waals surface area contributed by atoms with E-state index < -0.39 is 11.9 Å². The van der Waals surface area contributed by atoms with E-state index in [0.29, 0.717) is 29.3 Å². The summed E-state index contributed by atoms with van der Waals surface area (Å²) in [5.41, 5.74) is 9.44. The molecule has 172 valence electrons. The number of fused-ring (bicyclic) bond motifs is 1. The second-order valence-corrected chi connectivity index (χ2v) is 8.71. The minimum Gasteiger partial charge on any atom is -0.397 e. The van der Waals surface area contributed by atoms with Gasteiger partial charge in [0.1, 0.15) is 6.04 Å². The average Bonchev–Trinajstić information content (AvgIpc) is 3.35. The lowest BCUT2D eigenvalue weighted by atomic mass is 10.0. The third-order valence-corrected chi connectivity index (χ3v) is 6.36. The van der Waals surface area contributed by atoms with Crippen molar-refractivity contribution in [3.8, 4) is 0 Å². The zero-order chi connectivity index (χ0) is 23.1. The molecule has 6 N–H and O–H groups in total. The Morgan fingerprint density at radius 3 is 2.82 bits per heavy atom. The number of nitrogens with zero attached hydrogens (tertiary/aromatic N) is 4. The highest BCUT2D eigenvalue weighted by atomic mass is 16.2. The van der Waals surface area contributed by atoms with Crippen molar-refractivity contribution in [2.45, 2.75) is 32.0 Å². The van der Waals surface area contributed by atoms with E-state index in [1.807, 2.05) is 16.9 Å². The summed E-state index contributed by atoms with van der Waals surface area (Å²) >= 11 is 0. The monoisotopic (exact) mass is 450 g/mol. The molecule has 3 aliphatic rings. The standard InChI is InChI=1S/C22H26N8O3/c23-18(15-8-26-28(10-15)9-13-6-25-7-13)12-30(24)16-1-2-17-14(5-16)11-29(22(17)33)19-3-4-20(31)27-21(19)32/h1-2,5,8,10,12-13,19,25H,3-4,6-7,9,11,23-24H2,(H,27,31,32)/b18-12-. The first kappa shape index (κ1) is 21.2. The summed E-state index contributed by atoms with van der Waals surface area (Å²) in [4.78, 5) is 38.0. The van der Waals surface area contributed by atoms with Gasteiger partial charge in [0.15, 0.2) is 0 Å². The van der Waals surface area contributed by atoms with Crippen LogP contribution in [0, 0.1) is 5.92 Å². The number of benzene rings is 1.